The Hall–Kier alpha value is -2.74. The second-order valence-corrected chi connectivity index (χ2v) is 6.26. The molecule has 0 unspecified atom stereocenters. The fraction of sp³-hybridized carbons (Fsp3) is 0.235. The van der Waals surface area contributed by atoms with Crippen molar-refractivity contribution < 1.29 is 18.3 Å². The summed E-state index contributed by atoms with van der Waals surface area (Å²) >= 11 is 1.48. The minimum Gasteiger partial charge on any atom is -0.481 e. The summed E-state index contributed by atoms with van der Waals surface area (Å²) in [6.07, 6.45) is 3.01. The second kappa shape index (κ2) is 7.43. The number of rotatable bonds is 6. The molecule has 25 heavy (non-hydrogen) atoms. The molecule has 0 aliphatic carbocycles. The van der Waals surface area contributed by atoms with Crippen LogP contribution in [0.5, 0.6) is 5.75 Å². The van der Waals surface area contributed by atoms with Crippen LogP contribution in [0.1, 0.15) is 34.2 Å². The third-order valence-corrected chi connectivity index (χ3v) is 4.67. The predicted octanol–water partition coefficient (Wildman–Crippen LogP) is 3.68. The number of hydrogen-bond acceptors (Lipinski definition) is 6. The van der Waals surface area contributed by atoms with Gasteiger partial charge in [-0.15, -0.1) is 11.3 Å². The standard InChI is InChI=1S/C17H16FN3O3S/c1-11(15-7-19-10-25-15)21(2)17(22)13-8-24-16(20-13)9-23-14-6-4-3-5-12(14)18/h3-8,10-11H,9H2,1-2H3/t11-/m1/s1. The van der Waals surface area contributed by atoms with Crippen LogP contribution in [0.4, 0.5) is 4.39 Å². The quantitative estimate of drug-likeness (QED) is 0.670. The molecular weight excluding hydrogens is 345 g/mol. The third-order valence-electron chi connectivity index (χ3n) is 3.72. The molecule has 0 fully saturated rings. The summed E-state index contributed by atoms with van der Waals surface area (Å²) in [5.41, 5.74) is 1.89. The lowest BCUT2D eigenvalue weighted by molar-refractivity contribution is 0.0738. The molecule has 0 saturated heterocycles. The summed E-state index contributed by atoms with van der Waals surface area (Å²) in [6, 6.07) is 5.92. The van der Waals surface area contributed by atoms with Gasteiger partial charge in [0.2, 0.25) is 5.89 Å². The highest BCUT2D eigenvalue weighted by Crippen LogP contribution is 2.23. The maximum absolute atomic E-state index is 13.5. The Kier molecular flexibility index (Phi) is 5.08. The minimum atomic E-state index is -0.469. The van der Waals surface area contributed by atoms with Gasteiger partial charge >= 0.3 is 0 Å². The second-order valence-electron chi connectivity index (χ2n) is 5.34. The van der Waals surface area contributed by atoms with E-state index in [9.17, 15) is 9.18 Å². The Morgan fingerprint density at radius 1 is 1.44 bits per heavy atom. The molecule has 0 saturated carbocycles. The normalized spacial score (nSPS) is 12.0. The summed E-state index contributed by atoms with van der Waals surface area (Å²) in [5.74, 6) is -0.444. The molecule has 0 spiro atoms. The van der Waals surface area contributed by atoms with Crippen LogP contribution in [0.15, 0.2) is 46.7 Å². The van der Waals surface area contributed by atoms with Gasteiger partial charge in [0.15, 0.2) is 23.9 Å². The van der Waals surface area contributed by atoms with Gasteiger partial charge in [-0.2, -0.15) is 0 Å². The molecule has 0 aliphatic heterocycles. The minimum absolute atomic E-state index is 0.0671. The average molecular weight is 361 g/mol. The Bertz CT molecular complexity index is 850. The Balaban J connectivity index is 1.64. The van der Waals surface area contributed by atoms with E-state index in [1.54, 1.807) is 35.8 Å². The fourth-order valence-electron chi connectivity index (χ4n) is 2.16. The number of para-hydroxylation sites is 1. The van der Waals surface area contributed by atoms with E-state index in [0.717, 1.165) is 4.88 Å². The Labute approximate surface area is 147 Å². The van der Waals surface area contributed by atoms with Crippen LogP contribution >= 0.6 is 11.3 Å². The number of hydrogen-bond donors (Lipinski definition) is 0. The molecule has 0 bridgehead atoms. The first-order valence-corrected chi connectivity index (χ1v) is 8.41. The van der Waals surface area contributed by atoms with Crippen LogP contribution in [0.25, 0.3) is 0 Å². The van der Waals surface area contributed by atoms with Crippen molar-refractivity contribution in [3.05, 3.63) is 64.5 Å². The first kappa shape index (κ1) is 17.1. The van der Waals surface area contributed by atoms with Crippen LogP contribution in [0, 0.1) is 5.82 Å². The first-order chi connectivity index (χ1) is 12.1. The van der Waals surface area contributed by atoms with E-state index in [0.29, 0.717) is 0 Å². The van der Waals surface area contributed by atoms with Gasteiger partial charge < -0.3 is 14.1 Å². The highest BCUT2D eigenvalue weighted by Gasteiger charge is 2.23. The zero-order valence-corrected chi connectivity index (χ0v) is 14.5. The molecule has 8 heteroatoms. The van der Waals surface area contributed by atoms with E-state index in [1.807, 2.05) is 6.92 Å². The number of nitrogens with zero attached hydrogens (tertiary/aromatic N) is 3. The van der Waals surface area contributed by atoms with E-state index in [-0.39, 0.29) is 35.9 Å². The van der Waals surface area contributed by atoms with Gasteiger partial charge in [-0.1, -0.05) is 12.1 Å². The van der Waals surface area contributed by atoms with Gasteiger partial charge in [-0.3, -0.25) is 9.78 Å². The van der Waals surface area contributed by atoms with Crippen LogP contribution in [-0.4, -0.2) is 27.8 Å². The van der Waals surface area contributed by atoms with Crippen LogP contribution < -0.4 is 4.74 Å². The van der Waals surface area contributed by atoms with Crippen molar-refractivity contribution in [1.82, 2.24) is 14.9 Å². The average Bonchev–Trinajstić information content (AvgIpc) is 3.31. The lowest BCUT2D eigenvalue weighted by atomic mass is 10.2. The molecule has 0 aliphatic rings. The van der Waals surface area contributed by atoms with Crippen molar-refractivity contribution in [2.45, 2.75) is 19.6 Å². The lowest BCUT2D eigenvalue weighted by Crippen LogP contribution is -2.29. The largest absolute Gasteiger partial charge is 0.481 e. The number of aromatic nitrogens is 2. The fourth-order valence-corrected chi connectivity index (χ4v) is 2.88. The SMILES string of the molecule is C[C@H](c1cncs1)N(C)C(=O)c1coc(COc2ccccc2F)n1. The molecule has 1 amide bonds. The Morgan fingerprint density at radius 2 is 2.24 bits per heavy atom. The molecule has 6 nitrogen and oxygen atoms in total. The number of benzene rings is 1. The van der Waals surface area contributed by atoms with Crippen LogP contribution in [0.2, 0.25) is 0 Å². The van der Waals surface area contributed by atoms with Gasteiger partial charge in [0, 0.05) is 18.1 Å². The van der Waals surface area contributed by atoms with Gasteiger partial charge in [0.05, 0.1) is 11.6 Å². The zero-order chi connectivity index (χ0) is 17.8. The van der Waals surface area contributed by atoms with Gasteiger partial charge in [-0.05, 0) is 19.1 Å². The number of ether oxygens (including phenoxy) is 1. The summed E-state index contributed by atoms with van der Waals surface area (Å²) < 4.78 is 24.1. The highest BCUT2D eigenvalue weighted by molar-refractivity contribution is 7.09. The van der Waals surface area contributed by atoms with E-state index in [4.69, 9.17) is 9.15 Å². The smallest absolute Gasteiger partial charge is 0.276 e. The van der Waals surface area contributed by atoms with Gasteiger partial charge in [-0.25, -0.2) is 9.37 Å². The van der Waals surface area contributed by atoms with Crippen molar-refractivity contribution in [2.75, 3.05) is 7.05 Å². The Morgan fingerprint density at radius 3 is 2.96 bits per heavy atom. The van der Waals surface area contributed by atoms with Crippen molar-refractivity contribution >= 4 is 17.2 Å². The number of thiazole rings is 1. The molecule has 0 N–H and O–H groups in total. The summed E-state index contributed by atoms with van der Waals surface area (Å²) in [5, 5.41) is 0. The maximum atomic E-state index is 13.5. The van der Waals surface area contributed by atoms with E-state index in [2.05, 4.69) is 9.97 Å². The molecule has 3 rings (SSSR count). The monoisotopic (exact) mass is 361 g/mol. The van der Waals surface area contributed by atoms with Crippen LogP contribution in [-0.2, 0) is 6.61 Å². The summed E-state index contributed by atoms with van der Waals surface area (Å²) in [6.45, 7) is 1.84. The van der Waals surface area contributed by atoms with Crippen molar-refractivity contribution in [2.24, 2.45) is 0 Å². The predicted molar refractivity (Wildman–Crippen MR) is 89.9 cm³/mol. The van der Waals surface area contributed by atoms with Crippen molar-refractivity contribution in [3.8, 4) is 5.75 Å². The molecule has 3 aromatic rings. The number of amides is 1. The van der Waals surface area contributed by atoms with E-state index in [1.165, 1.54) is 29.7 Å². The number of halogens is 1. The molecule has 130 valence electrons. The van der Waals surface area contributed by atoms with Crippen molar-refractivity contribution in [3.63, 3.8) is 0 Å². The molecule has 1 aromatic carbocycles. The van der Waals surface area contributed by atoms with E-state index < -0.39 is 5.82 Å². The molecule has 2 heterocycles. The molecule has 0 radical (unpaired) electrons. The number of carbonyl (C=O) groups excluding carboxylic acids is 1. The molecular formula is C17H16FN3O3S. The lowest BCUT2D eigenvalue weighted by Gasteiger charge is -2.22. The van der Waals surface area contributed by atoms with Gasteiger partial charge in [0.1, 0.15) is 6.26 Å². The third kappa shape index (κ3) is 3.85. The van der Waals surface area contributed by atoms with Gasteiger partial charge in [0.25, 0.3) is 5.91 Å². The maximum Gasteiger partial charge on any atom is 0.276 e. The van der Waals surface area contributed by atoms with Crippen molar-refractivity contribution in [1.29, 1.82) is 0 Å². The number of oxazole rings is 1. The van der Waals surface area contributed by atoms with E-state index >= 15 is 0 Å². The van der Waals surface area contributed by atoms with Crippen LogP contribution in [0.3, 0.4) is 0 Å². The number of carbonyl (C=O) groups is 1. The first-order valence-electron chi connectivity index (χ1n) is 7.53. The summed E-state index contributed by atoms with van der Waals surface area (Å²) in [4.78, 5) is 23.2. The zero-order valence-electron chi connectivity index (χ0n) is 13.7. The summed E-state index contributed by atoms with van der Waals surface area (Å²) in [7, 11) is 1.69. The molecule has 1 atom stereocenters. The molecule has 2 aromatic heterocycles. The topological polar surface area (TPSA) is 68.5 Å². The highest BCUT2D eigenvalue weighted by atomic mass is 32.1.